The molecule has 1 N–H and O–H groups in total. The number of nitrogens with zero attached hydrogens (tertiary/aromatic N) is 5. The summed E-state index contributed by atoms with van der Waals surface area (Å²) in [4.78, 5) is 21.0. The Morgan fingerprint density at radius 1 is 1.31 bits per heavy atom. The second-order valence-electron chi connectivity index (χ2n) is 6.74. The minimum Gasteiger partial charge on any atom is -0.321 e. The average molecular weight is 409 g/mol. The van der Waals surface area contributed by atoms with Crippen molar-refractivity contribution in [3.63, 3.8) is 0 Å². The van der Waals surface area contributed by atoms with Gasteiger partial charge in [0.05, 0.1) is 40.8 Å². The van der Waals surface area contributed by atoms with Gasteiger partial charge in [0, 0.05) is 30.3 Å². The Morgan fingerprint density at radius 2 is 2.07 bits per heavy atom. The number of halogens is 1. The molecule has 29 heavy (non-hydrogen) atoms. The SMILES string of the molecule is CCCn1cc(Nc2ncc(Cl)c(-c3ccc(C(=O)C[C@@H](C)C#N)cc3)n2)cn1. The summed E-state index contributed by atoms with van der Waals surface area (Å²) in [5.74, 6) is 0.0306. The molecule has 3 rings (SSSR count). The molecular formula is C21H21ClN6O. The van der Waals surface area contributed by atoms with E-state index in [0.29, 0.717) is 22.2 Å². The number of ketones is 1. The largest absolute Gasteiger partial charge is 0.321 e. The number of Topliss-reactive ketones (excluding diaryl/α,β-unsaturated/α-hetero) is 1. The lowest BCUT2D eigenvalue weighted by Crippen LogP contribution is -2.04. The summed E-state index contributed by atoms with van der Waals surface area (Å²) in [6.07, 6.45) is 6.34. The van der Waals surface area contributed by atoms with E-state index in [1.165, 1.54) is 6.20 Å². The molecule has 2 aromatic heterocycles. The van der Waals surface area contributed by atoms with Crippen LogP contribution < -0.4 is 5.32 Å². The normalized spacial score (nSPS) is 11.7. The molecule has 0 fully saturated rings. The van der Waals surface area contributed by atoms with Gasteiger partial charge in [0.1, 0.15) is 0 Å². The molecule has 0 aliphatic rings. The van der Waals surface area contributed by atoms with Crippen molar-refractivity contribution in [1.82, 2.24) is 19.7 Å². The van der Waals surface area contributed by atoms with Crippen LogP contribution in [0.25, 0.3) is 11.3 Å². The van der Waals surface area contributed by atoms with Crippen molar-refractivity contribution in [2.75, 3.05) is 5.32 Å². The third kappa shape index (κ3) is 5.18. The molecule has 0 aliphatic heterocycles. The van der Waals surface area contributed by atoms with Crippen LogP contribution in [0.1, 0.15) is 37.0 Å². The molecule has 0 saturated carbocycles. The van der Waals surface area contributed by atoms with Gasteiger partial charge in [-0.25, -0.2) is 9.97 Å². The van der Waals surface area contributed by atoms with Gasteiger partial charge in [-0.15, -0.1) is 0 Å². The fourth-order valence-electron chi connectivity index (χ4n) is 2.79. The molecule has 3 aromatic rings. The van der Waals surface area contributed by atoms with E-state index in [2.05, 4.69) is 33.4 Å². The van der Waals surface area contributed by atoms with Gasteiger partial charge in [-0.1, -0.05) is 42.8 Å². The standard InChI is InChI=1S/C21H21ClN6O/c1-3-8-28-13-17(11-25-28)26-21-24-12-18(22)20(27-21)16-6-4-15(5-7-16)19(29)9-14(2)10-23/h4-7,11-14H,3,8-9H2,1-2H3,(H,24,26,27)/t14-/m1/s1. The summed E-state index contributed by atoms with van der Waals surface area (Å²) in [6.45, 7) is 4.66. The predicted molar refractivity (Wildman–Crippen MR) is 112 cm³/mol. The molecule has 8 heteroatoms. The molecule has 2 heterocycles. The molecular weight excluding hydrogens is 388 g/mol. The van der Waals surface area contributed by atoms with Gasteiger partial charge >= 0.3 is 0 Å². The Hall–Kier alpha value is -3.24. The summed E-state index contributed by atoms with van der Waals surface area (Å²) >= 11 is 6.30. The van der Waals surface area contributed by atoms with Gasteiger partial charge in [-0.05, 0) is 13.3 Å². The number of hydrogen-bond acceptors (Lipinski definition) is 6. The molecule has 0 bridgehead atoms. The number of rotatable bonds is 8. The first-order chi connectivity index (χ1) is 14.0. The van der Waals surface area contributed by atoms with E-state index in [-0.39, 0.29) is 18.1 Å². The molecule has 0 radical (unpaired) electrons. The monoisotopic (exact) mass is 408 g/mol. The van der Waals surface area contributed by atoms with Crippen molar-refractivity contribution in [1.29, 1.82) is 5.26 Å². The highest BCUT2D eigenvalue weighted by atomic mass is 35.5. The van der Waals surface area contributed by atoms with Crippen molar-refractivity contribution in [2.45, 2.75) is 33.2 Å². The number of benzene rings is 1. The predicted octanol–water partition coefficient (Wildman–Crippen LogP) is 4.88. The summed E-state index contributed by atoms with van der Waals surface area (Å²) in [5, 5.41) is 16.7. The van der Waals surface area contributed by atoms with Crippen LogP contribution >= 0.6 is 11.6 Å². The van der Waals surface area contributed by atoms with Crippen molar-refractivity contribution in [2.24, 2.45) is 5.92 Å². The molecule has 0 saturated heterocycles. The van der Waals surface area contributed by atoms with Crippen molar-refractivity contribution < 1.29 is 4.79 Å². The zero-order chi connectivity index (χ0) is 20.8. The highest BCUT2D eigenvalue weighted by Gasteiger charge is 2.13. The van der Waals surface area contributed by atoms with Crippen LogP contribution in [0.5, 0.6) is 0 Å². The Kier molecular flexibility index (Phi) is 6.57. The van der Waals surface area contributed by atoms with Crippen LogP contribution in [0.4, 0.5) is 11.6 Å². The Labute approximate surface area is 174 Å². The molecule has 0 spiro atoms. The Balaban J connectivity index is 1.78. The van der Waals surface area contributed by atoms with E-state index < -0.39 is 0 Å². The van der Waals surface area contributed by atoms with E-state index in [9.17, 15) is 4.79 Å². The average Bonchev–Trinajstić information content (AvgIpc) is 3.16. The minimum atomic E-state index is -0.311. The van der Waals surface area contributed by atoms with Crippen molar-refractivity contribution in [3.8, 4) is 17.3 Å². The fraction of sp³-hybridized carbons (Fsp3) is 0.286. The second kappa shape index (κ2) is 9.30. The number of carbonyl (C=O) groups excluding carboxylic acids is 1. The van der Waals surface area contributed by atoms with Crippen molar-refractivity contribution >= 4 is 29.0 Å². The number of aryl methyl sites for hydroxylation is 1. The maximum Gasteiger partial charge on any atom is 0.227 e. The number of carbonyl (C=O) groups is 1. The van der Waals surface area contributed by atoms with Crippen LogP contribution in [-0.2, 0) is 6.54 Å². The van der Waals surface area contributed by atoms with Crippen LogP contribution in [-0.4, -0.2) is 25.5 Å². The molecule has 148 valence electrons. The molecule has 1 atom stereocenters. The van der Waals surface area contributed by atoms with E-state index in [1.807, 2.05) is 10.9 Å². The fourth-order valence-corrected chi connectivity index (χ4v) is 2.99. The summed E-state index contributed by atoms with van der Waals surface area (Å²) < 4.78 is 1.85. The Bertz CT molecular complexity index is 1040. The highest BCUT2D eigenvalue weighted by molar-refractivity contribution is 6.32. The van der Waals surface area contributed by atoms with Gasteiger partial charge in [0.2, 0.25) is 5.95 Å². The first kappa shape index (κ1) is 20.5. The Morgan fingerprint density at radius 3 is 2.76 bits per heavy atom. The van der Waals surface area contributed by atoms with E-state index in [0.717, 1.165) is 24.2 Å². The zero-order valence-electron chi connectivity index (χ0n) is 16.3. The summed E-state index contributed by atoms with van der Waals surface area (Å²) in [6, 6.07) is 9.11. The van der Waals surface area contributed by atoms with Gasteiger partial charge in [0.25, 0.3) is 0 Å². The lowest BCUT2D eigenvalue weighted by atomic mass is 9.99. The lowest BCUT2D eigenvalue weighted by Gasteiger charge is -2.08. The van der Waals surface area contributed by atoms with Crippen LogP contribution in [0.15, 0.2) is 42.9 Å². The van der Waals surface area contributed by atoms with E-state index in [4.69, 9.17) is 16.9 Å². The topological polar surface area (TPSA) is 96.5 Å². The molecule has 1 aromatic carbocycles. The summed E-state index contributed by atoms with van der Waals surface area (Å²) in [7, 11) is 0. The first-order valence-corrected chi connectivity index (χ1v) is 9.73. The second-order valence-corrected chi connectivity index (χ2v) is 7.15. The van der Waals surface area contributed by atoms with Crippen LogP contribution in [0.2, 0.25) is 5.02 Å². The van der Waals surface area contributed by atoms with Crippen LogP contribution in [0.3, 0.4) is 0 Å². The van der Waals surface area contributed by atoms with Gasteiger partial charge in [-0.2, -0.15) is 10.4 Å². The number of nitrogens with one attached hydrogen (secondary N) is 1. The van der Waals surface area contributed by atoms with Gasteiger partial charge in [-0.3, -0.25) is 9.48 Å². The van der Waals surface area contributed by atoms with Crippen molar-refractivity contribution in [3.05, 3.63) is 53.4 Å². The zero-order valence-corrected chi connectivity index (χ0v) is 17.0. The van der Waals surface area contributed by atoms with Gasteiger partial charge in [0.15, 0.2) is 5.78 Å². The molecule has 0 aliphatic carbocycles. The van der Waals surface area contributed by atoms with Crippen LogP contribution in [0, 0.1) is 17.2 Å². The van der Waals surface area contributed by atoms with E-state index in [1.54, 1.807) is 37.4 Å². The molecule has 0 amide bonds. The highest BCUT2D eigenvalue weighted by Crippen LogP contribution is 2.27. The summed E-state index contributed by atoms with van der Waals surface area (Å²) in [5.41, 5.74) is 2.68. The maximum atomic E-state index is 12.2. The minimum absolute atomic E-state index is 0.0640. The number of hydrogen-bond donors (Lipinski definition) is 1. The smallest absolute Gasteiger partial charge is 0.227 e. The van der Waals surface area contributed by atoms with E-state index >= 15 is 0 Å². The quantitative estimate of drug-likeness (QED) is 0.533. The maximum absolute atomic E-state index is 12.2. The third-order valence-electron chi connectivity index (χ3n) is 4.28. The molecule has 0 unspecified atom stereocenters. The number of anilines is 2. The first-order valence-electron chi connectivity index (χ1n) is 9.35. The molecule has 7 nitrogen and oxygen atoms in total. The van der Waals surface area contributed by atoms with Gasteiger partial charge < -0.3 is 5.32 Å². The lowest BCUT2D eigenvalue weighted by molar-refractivity contribution is 0.0973. The third-order valence-corrected chi connectivity index (χ3v) is 4.56. The number of aromatic nitrogens is 4. The number of nitriles is 1.